The summed E-state index contributed by atoms with van der Waals surface area (Å²) < 4.78 is 1.95. The second-order valence-electron chi connectivity index (χ2n) is 6.81. The van der Waals surface area contributed by atoms with Gasteiger partial charge >= 0.3 is 0 Å². The van der Waals surface area contributed by atoms with Crippen LogP contribution >= 0.6 is 0 Å². The fourth-order valence-corrected chi connectivity index (χ4v) is 3.74. The van der Waals surface area contributed by atoms with E-state index in [1.165, 1.54) is 42.6 Å². The highest BCUT2D eigenvalue weighted by Crippen LogP contribution is 2.29. The molecule has 1 aliphatic heterocycles. The normalized spacial score (nSPS) is 16.8. The van der Waals surface area contributed by atoms with Crippen molar-refractivity contribution in [3.63, 3.8) is 0 Å². The number of likely N-dealkylation sites (tertiary alicyclic amines) is 1. The Labute approximate surface area is 143 Å². The lowest BCUT2D eigenvalue weighted by molar-refractivity contribution is 0.263. The zero-order chi connectivity index (χ0) is 16.7. The molecule has 0 bridgehead atoms. The summed E-state index contributed by atoms with van der Waals surface area (Å²) in [7, 11) is 0. The van der Waals surface area contributed by atoms with Gasteiger partial charge in [-0.25, -0.2) is 9.50 Å². The summed E-state index contributed by atoms with van der Waals surface area (Å²) in [6, 6.07) is 11.4. The molecule has 1 unspecified atom stereocenters. The minimum atomic E-state index is 0.492. The molecule has 3 heterocycles. The van der Waals surface area contributed by atoms with Gasteiger partial charge in [0, 0.05) is 23.4 Å². The van der Waals surface area contributed by atoms with E-state index in [0.29, 0.717) is 6.04 Å². The molecule has 0 amide bonds. The van der Waals surface area contributed by atoms with Crippen LogP contribution in [0.5, 0.6) is 0 Å². The van der Waals surface area contributed by atoms with E-state index in [4.69, 9.17) is 0 Å². The second kappa shape index (κ2) is 6.02. The van der Waals surface area contributed by atoms with Crippen LogP contribution in [0.3, 0.4) is 0 Å². The molecule has 3 aromatic rings. The number of hydrogen-bond donors (Lipinski definition) is 0. The van der Waals surface area contributed by atoms with Crippen molar-refractivity contribution in [1.82, 2.24) is 19.5 Å². The third-order valence-corrected chi connectivity index (χ3v) is 5.37. The van der Waals surface area contributed by atoms with Crippen LogP contribution in [-0.2, 0) is 0 Å². The Bertz CT molecular complexity index is 857. The predicted octanol–water partition coefficient (Wildman–Crippen LogP) is 4.17. The minimum absolute atomic E-state index is 0.492. The minimum Gasteiger partial charge on any atom is -0.297 e. The number of rotatable bonds is 3. The quantitative estimate of drug-likeness (QED) is 0.726. The van der Waals surface area contributed by atoms with E-state index >= 15 is 0 Å². The smallest absolute Gasteiger partial charge is 0.155 e. The number of hydrogen-bond acceptors (Lipinski definition) is 3. The zero-order valence-corrected chi connectivity index (χ0v) is 14.7. The van der Waals surface area contributed by atoms with Crippen LogP contribution in [0.25, 0.3) is 16.9 Å². The highest BCUT2D eigenvalue weighted by atomic mass is 15.3. The van der Waals surface area contributed by atoms with Crippen molar-refractivity contribution in [3.8, 4) is 11.3 Å². The highest BCUT2D eigenvalue weighted by molar-refractivity contribution is 5.67. The Hall–Kier alpha value is -2.20. The first-order valence-corrected chi connectivity index (χ1v) is 8.80. The van der Waals surface area contributed by atoms with Crippen LogP contribution in [0.15, 0.2) is 36.5 Å². The fraction of sp³-hybridized carbons (Fsp3) is 0.400. The van der Waals surface area contributed by atoms with E-state index in [1.807, 2.05) is 16.8 Å². The van der Waals surface area contributed by atoms with E-state index in [0.717, 1.165) is 17.0 Å². The van der Waals surface area contributed by atoms with Crippen LogP contribution in [-0.4, -0.2) is 32.6 Å². The second-order valence-corrected chi connectivity index (χ2v) is 6.81. The third kappa shape index (κ3) is 2.51. The van der Waals surface area contributed by atoms with Gasteiger partial charge in [0.1, 0.15) is 0 Å². The lowest BCUT2D eigenvalue weighted by Gasteiger charge is -2.24. The first-order chi connectivity index (χ1) is 11.6. The van der Waals surface area contributed by atoms with Gasteiger partial charge in [0.05, 0.1) is 11.9 Å². The number of fused-ring (bicyclic) bond motifs is 1. The molecule has 0 aliphatic carbocycles. The Balaban J connectivity index is 1.73. The van der Waals surface area contributed by atoms with Gasteiger partial charge in [-0.1, -0.05) is 24.3 Å². The highest BCUT2D eigenvalue weighted by Gasteiger charge is 2.19. The molecular weight excluding hydrogens is 296 g/mol. The molecule has 0 N–H and O–H groups in total. The summed E-state index contributed by atoms with van der Waals surface area (Å²) in [6.45, 7) is 8.95. The van der Waals surface area contributed by atoms with Crippen molar-refractivity contribution in [1.29, 1.82) is 0 Å². The molecule has 24 heavy (non-hydrogen) atoms. The SMILES string of the molecule is Cc1nc2ccnn2c(-c2ccc(C(C)N3CCCC3)cc2)c1C. The van der Waals surface area contributed by atoms with E-state index in [2.05, 4.69) is 60.0 Å². The Kier molecular flexibility index (Phi) is 3.85. The fourth-order valence-electron chi connectivity index (χ4n) is 3.74. The van der Waals surface area contributed by atoms with Crippen LogP contribution in [0.1, 0.15) is 42.6 Å². The summed E-state index contributed by atoms with van der Waals surface area (Å²) in [6.07, 6.45) is 4.47. The summed E-state index contributed by atoms with van der Waals surface area (Å²) >= 11 is 0. The number of aryl methyl sites for hydroxylation is 1. The van der Waals surface area contributed by atoms with E-state index < -0.39 is 0 Å². The monoisotopic (exact) mass is 320 g/mol. The van der Waals surface area contributed by atoms with Gasteiger partial charge in [-0.15, -0.1) is 0 Å². The lowest BCUT2D eigenvalue weighted by Crippen LogP contribution is -2.23. The molecule has 4 heteroatoms. The molecule has 0 saturated carbocycles. The molecule has 1 aromatic carbocycles. The number of nitrogens with zero attached hydrogens (tertiary/aromatic N) is 4. The maximum Gasteiger partial charge on any atom is 0.155 e. The molecule has 1 saturated heterocycles. The molecule has 124 valence electrons. The third-order valence-electron chi connectivity index (χ3n) is 5.37. The first kappa shape index (κ1) is 15.3. The molecule has 1 aliphatic rings. The summed E-state index contributed by atoms with van der Waals surface area (Å²) in [5.74, 6) is 0. The van der Waals surface area contributed by atoms with Crippen molar-refractivity contribution in [2.24, 2.45) is 0 Å². The molecule has 1 atom stereocenters. The lowest BCUT2D eigenvalue weighted by atomic mass is 10.0. The topological polar surface area (TPSA) is 33.4 Å². The van der Waals surface area contributed by atoms with Crippen LogP contribution < -0.4 is 0 Å². The van der Waals surface area contributed by atoms with Gasteiger partial charge in [-0.05, 0) is 57.8 Å². The van der Waals surface area contributed by atoms with Gasteiger partial charge in [0.15, 0.2) is 5.65 Å². The molecule has 2 aromatic heterocycles. The summed E-state index contributed by atoms with van der Waals surface area (Å²) in [5, 5.41) is 4.46. The van der Waals surface area contributed by atoms with Crippen LogP contribution in [0, 0.1) is 13.8 Å². The van der Waals surface area contributed by atoms with Gasteiger partial charge in [-0.2, -0.15) is 5.10 Å². The number of benzene rings is 1. The van der Waals surface area contributed by atoms with Crippen molar-refractivity contribution in [3.05, 3.63) is 53.3 Å². The zero-order valence-electron chi connectivity index (χ0n) is 14.7. The largest absolute Gasteiger partial charge is 0.297 e. The maximum absolute atomic E-state index is 4.61. The molecule has 4 rings (SSSR count). The van der Waals surface area contributed by atoms with E-state index in [1.54, 1.807) is 0 Å². The van der Waals surface area contributed by atoms with Crippen LogP contribution in [0.4, 0.5) is 0 Å². The molecular formula is C20H24N4. The van der Waals surface area contributed by atoms with Gasteiger partial charge in [0.25, 0.3) is 0 Å². The Morgan fingerprint density at radius 3 is 2.42 bits per heavy atom. The van der Waals surface area contributed by atoms with E-state index in [9.17, 15) is 0 Å². The van der Waals surface area contributed by atoms with Gasteiger partial charge in [0.2, 0.25) is 0 Å². The summed E-state index contributed by atoms with van der Waals surface area (Å²) in [5.41, 5.74) is 6.88. The predicted molar refractivity (Wildman–Crippen MR) is 97.1 cm³/mol. The van der Waals surface area contributed by atoms with Gasteiger partial charge in [-0.3, -0.25) is 4.90 Å². The Morgan fingerprint density at radius 2 is 1.71 bits per heavy atom. The van der Waals surface area contributed by atoms with E-state index in [-0.39, 0.29) is 0 Å². The molecule has 0 spiro atoms. The Morgan fingerprint density at radius 1 is 1.00 bits per heavy atom. The van der Waals surface area contributed by atoms with Gasteiger partial charge < -0.3 is 0 Å². The van der Waals surface area contributed by atoms with Crippen molar-refractivity contribution in [2.45, 2.75) is 39.7 Å². The standard InChI is InChI=1S/C20H24N4/c1-14-15(2)22-19-10-11-21-24(19)20(14)18-8-6-17(7-9-18)16(3)23-12-4-5-13-23/h6-11,16H,4-5,12-13H2,1-3H3. The maximum atomic E-state index is 4.61. The van der Waals surface area contributed by atoms with Crippen LogP contribution in [0.2, 0.25) is 0 Å². The average Bonchev–Trinajstić information content (AvgIpc) is 3.27. The van der Waals surface area contributed by atoms with Crippen molar-refractivity contribution < 1.29 is 0 Å². The first-order valence-electron chi connectivity index (χ1n) is 8.80. The molecule has 1 fully saturated rings. The molecule has 4 nitrogen and oxygen atoms in total. The van der Waals surface area contributed by atoms with Crippen molar-refractivity contribution in [2.75, 3.05) is 13.1 Å². The summed E-state index contributed by atoms with van der Waals surface area (Å²) in [4.78, 5) is 7.19. The van der Waals surface area contributed by atoms with Crippen molar-refractivity contribution >= 4 is 5.65 Å². The number of aromatic nitrogens is 3. The average molecular weight is 320 g/mol. The molecule has 0 radical (unpaired) electrons.